The van der Waals surface area contributed by atoms with Crippen LogP contribution in [0.5, 0.6) is 0 Å². The van der Waals surface area contributed by atoms with Crippen molar-refractivity contribution >= 4 is 5.78 Å². The molecule has 0 saturated carbocycles. The van der Waals surface area contributed by atoms with Gasteiger partial charge in [0.25, 0.3) is 0 Å². The molecule has 0 atom stereocenters. The average molecular weight is 160 g/mol. The van der Waals surface area contributed by atoms with Crippen molar-refractivity contribution in [2.75, 3.05) is 0 Å². The molecule has 0 aliphatic carbocycles. The fourth-order valence-corrected chi connectivity index (χ4v) is 0.706. The van der Waals surface area contributed by atoms with E-state index < -0.39 is 12.2 Å². The zero-order chi connectivity index (χ0) is 8.43. The smallest absolute Gasteiger partial charge is 0.302 e. The molecule has 1 aromatic rings. The van der Waals surface area contributed by atoms with Crippen LogP contribution in [0.2, 0.25) is 0 Å². The van der Waals surface area contributed by atoms with Crippen LogP contribution in [0, 0.1) is 0 Å². The number of imidazole rings is 1. The Labute approximate surface area is 61.7 Å². The van der Waals surface area contributed by atoms with Gasteiger partial charge in [-0.3, -0.25) is 4.79 Å². The zero-order valence-electron chi connectivity index (χ0n) is 5.79. The lowest BCUT2D eigenvalue weighted by Crippen LogP contribution is -2.13. The van der Waals surface area contributed by atoms with Crippen molar-refractivity contribution in [1.82, 2.24) is 9.55 Å². The summed E-state index contributed by atoms with van der Waals surface area (Å²) in [5.41, 5.74) is -0.0694. The Morgan fingerprint density at radius 1 is 1.73 bits per heavy atom. The van der Waals surface area contributed by atoms with Gasteiger partial charge in [0, 0.05) is 7.05 Å². The standard InChI is InChI=1S/C6H6F2N2O/c1-10-3-9-2-4(10)5(11)6(7)8/h2-3,6H,1H3. The van der Waals surface area contributed by atoms with Crippen molar-refractivity contribution in [2.24, 2.45) is 7.05 Å². The fraction of sp³-hybridized carbons (Fsp3) is 0.333. The molecule has 0 saturated heterocycles. The number of carbonyl (C=O) groups excluding carboxylic acids is 1. The molecule has 3 nitrogen and oxygen atoms in total. The van der Waals surface area contributed by atoms with E-state index in [1.54, 1.807) is 0 Å². The number of nitrogens with zero attached hydrogens (tertiary/aromatic N) is 2. The number of hydrogen-bond acceptors (Lipinski definition) is 2. The van der Waals surface area contributed by atoms with Crippen molar-refractivity contribution in [1.29, 1.82) is 0 Å². The minimum atomic E-state index is -2.95. The predicted molar refractivity (Wildman–Crippen MR) is 33.5 cm³/mol. The zero-order valence-corrected chi connectivity index (χ0v) is 5.79. The number of hydrogen-bond donors (Lipinski definition) is 0. The lowest BCUT2D eigenvalue weighted by Gasteiger charge is -1.97. The molecule has 0 unspecified atom stereocenters. The fourth-order valence-electron chi connectivity index (χ4n) is 0.706. The minimum Gasteiger partial charge on any atom is -0.331 e. The SMILES string of the molecule is Cn1cncc1C(=O)C(F)F. The molecule has 5 heteroatoms. The first-order valence-electron chi connectivity index (χ1n) is 2.91. The average Bonchev–Trinajstić information content (AvgIpc) is 2.33. The van der Waals surface area contributed by atoms with Crippen LogP contribution in [0.3, 0.4) is 0 Å². The number of alkyl halides is 2. The number of aryl methyl sites for hydroxylation is 1. The Kier molecular flexibility index (Phi) is 1.98. The van der Waals surface area contributed by atoms with Crippen LogP contribution in [-0.4, -0.2) is 21.8 Å². The van der Waals surface area contributed by atoms with Crippen LogP contribution in [-0.2, 0) is 7.05 Å². The molecule has 0 radical (unpaired) electrons. The number of carbonyl (C=O) groups is 1. The third-order valence-electron chi connectivity index (χ3n) is 1.27. The van der Waals surface area contributed by atoms with Crippen molar-refractivity contribution in [2.45, 2.75) is 6.43 Å². The maximum absolute atomic E-state index is 11.8. The molecule has 0 fully saturated rings. The largest absolute Gasteiger partial charge is 0.331 e. The molecule has 1 heterocycles. The summed E-state index contributed by atoms with van der Waals surface area (Å²) in [6.07, 6.45) is -0.533. The second-order valence-corrected chi connectivity index (χ2v) is 2.05. The van der Waals surface area contributed by atoms with Gasteiger partial charge in [-0.1, -0.05) is 0 Å². The quantitative estimate of drug-likeness (QED) is 0.601. The molecule has 60 valence electrons. The van der Waals surface area contributed by atoms with Gasteiger partial charge in [-0.05, 0) is 0 Å². The molecular formula is C6H6F2N2O. The van der Waals surface area contributed by atoms with E-state index in [0.717, 1.165) is 6.20 Å². The highest BCUT2D eigenvalue weighted by atomic mass is 19.3. The van der Waals surface area contributed by atoms with Crippen molar-refractivity contribution in [3.05, 3.63) is 18.2 Å². The van der Waals surface area contributed by atoms with Crippen LogP contribution in [0.1, 0.15) is 10.5 Å². The van der Waals surface area contributed by atoms with Gasteiger partial charge in [-0.2, -0.15) is 0 Å². The van der Waals surface area contributed by atoms with E-state index >= 15 is 0 Å². The van der Waals surface area contributed by atoms with E-state index in [1.165, 1.54) is 17.9 Å². The number of rotatable bonds is 2. The van der Waals surface area contributed by atoms with Crippen molar-refractivity contribution in [3.63, 3.8) is 0 Å². The van der Waals surface area contributed by atoms with E-state index in [-0.39, 0.29) is 5.69 Å². The molecule has 0 aliphatic rings. The number of aromatic nitrogens is 2. The highest BCUT2D eigenvalue weighted by Crippen LogP contribution is 2.05. The molecule has 1 aromatic heterocycles. The molecule has 0 amide bonds. The van der Waals surface area contributed by atoms with Crippen molar-refractivity contribution in [3.8, 4) is 0 Å². The van der Waals surface area contributed by atoms with Gasteiger partial charge in [0.05, 0.1) is 12.5 Å². The second-order valence-electron chi connectivity index (χ2n) is 2.05. The molecule has 0 aromatic carbocycles. The van der Waals surface area contributed by atoms with Gasteiger partial charge >= 0.3 is 6.43 Å². The molecular weight excluding hydrogens is 154 g/mol. The molecule has 1 rings (SSSR count). The van der Waals surface area contributed by atoms with Crippen LogP contribution in [0.25, 0.3) is 0 Å². The van der Waals surface area contributed by atoms with Crippen LogP contribution < -0.4 is 0 Å². The number of halogens is 2. The summed E-state index contributed by atoms with van der Waals surface area (Å²) in [6.45, 7) is 0. The van der Waals surface area contributed by atoms with E-state index in [1.807, 2.05) is 0 Å². The van der Waals surface area contributed by atoms with E-state index in [9.17, 15) is 13.6 Å². The second kappa shape index (κ2) is 2.77. The van der Waals surface area contributed by atoms with Gasteiger partial charge in [0.15, 0.2) is 0 Å². The highest BCUT2D eigenvalue weighted by molar-refractivity contribution is 5.96. The van der Waals surface area contributed by atoms with E-state index in [4.69, 9.17) is 0 Å². The summed E-state index contributed by atoms with van der Waals surface area (Å²) < 4.78 is 24.8. The Morgan fingerprint density at radius 2 is 2.36 bits per heavy atom. The summed E-state index contributed by atoms with van der Waals surface area (Å²) >= 11 is 0. The third kappa shape index (κ3) is 1.42. The first kappa shape index (κ1) is 7.84. The molecule has 0 bridgehead atoms. The maximum Gasteiger partial charge on any atom is 0.302 e. The monoisotopic (exact) mass is 160 g/mol. The van der Waals surface area contributed by atoms with Crippen LogP contribution in [0.15, 0.2) is 12.5 Å². The van der Waals surface area contributed by atoms with Gasteiger partial charge in [-0.15, -0.1) is 0 Å². The molecule has 0 aliphatic heterocycles. The van der Waals surface area contributed by atoms with Crippen LogP contribution in [0.4, 0.5) is 8.78 Å². The Bertz CT molecular complexity index is 269. The molecule has 0 spiro atoms. The summed E-state index contributed by atoms with van der Waals surface area (Å²) in [4.78, 5) is 14.1. The highest BCUT2D eigenvalue weighted by Gasteiger charge is 2.20. The van der Waals surface area contributed by atoms with Gasteiger partial charge in [0.1, 0.15) is 5.69 Å². The number of Topliss-reactive ketones (excluding diaryl/α,β-unsaturated/α-hetero) is 1. The predicted octanol–water partition coefficient (Wildman–Crippen LogP) is 0.868. The summed E-state index contributed by atoms with van der Waals surface area (Å²) in [5.74, 6) is -1.19. The molecule has 0 N–H and O–H groups in total. The summed E-state index contributed by atoms with van der Waals surface area (Å²) in [7, 11) is 1.49. The third-order valence-corrected chi connectivity index (χ3v) is 1.27. The number of ketones is 1. The topological polar surface area (TPSA) is 34.9 Å². The van der Waals surface area contributed by atoms with Gasteiger partial charge in [0.2, 0.25) is 5.78 Å². The Balaban J connectivity index is 2.93. The lowest BCUT2D eigenvalue weighted by atomic mass is 10.3. The van der Waals surface area contributed by atoms with E-state index in [0.29, 0.717) is 0 Å². The van der Waals surface area contributed by atoms with Crippen molar-refractivity contribution < 1.29 is 13.6 Å². The lowest BCUT2D eigenvalue weighted by molar-refractivity contribution is 0.0669. The normalized spacial score (nSPS) is 10.5. The summed E-state index contributed by atoms with van der Waals surface area (Å²) in [5, 5.41) is 0. The molecule has 11 heavy (non-hydrogen) atoms. The Hall–Kier alpha value is -1.26. The van der Waals surface area contributed by atoms with E-state index in [2.05, 4.69) is 4.98 Å². The van der Waals surface area contributed by atoms with Crippen LogP contribution >= 0.6 is 0 Å². The summed E-state index contributed by atoms with van der Waals surface area (Å²) in [6, 6.07) is 0. The maximum atomic E-state index is 11.8. The minimum absolute atomic E-state index is 0.0694. The Morgan fingerprint density at radius 3 is 2.73 bits per heavy atom. The first-order chi connectivity index (χ1) is 5.13. The van der Waals surface area contributed by atoms with Gasteiger partial charge < -0.3 is 4.57 Å². The van der Waals surface area contributed by atoms with Gasteiger partial charge in [-0.25, -0.2) is 13.8 Å². The first-order valence-corrected chi connectivity index (χ1v) is 2.91.